The fraction of sp³-hybridized carbons (Fsp3) is 0.385. The van der Waals surface area contributed by atoms with E-state index in [-0.39, 0.29) is 24.3 Å². The molecular formula is C26H29ClN4O4. The summed E-state index contributed by atoms with van der Waals surface area (Å²) in [5.41, 5.74) is 2.32. The summed E-state index contributed by atoms with van der Waals surface area (Å²) in [5, 5.41) is 20.9. The van der Waals surface area contributed by atoms with E-state index in [1.54, 1.807) is 23.1 Å². The molecule has 2 aliphatic rings. The van der Waals surface area contributed by atoms with Gasteiger partial charge in [0, 0.05) is 41.1 Å². The number of carbonyl (C=O) groups excluding carboxylic acids is 2. The van der Waals surface area contributed by atoms with Gasteiger partial charge in [-0.05, 0) is 68.4 Å². The summed E-state index contributed by atoms with van der Waals surface area (Å²) in [6.07, 6.45) is 0.974. The normalized spacial score (nSPS) is 21.8. The molecule has 1 fully saturated rings. The maximum absolute atomic E-state index is 13.8. The molecule has 9 heteroatoms. The van der Waals surface area contributed by atoms with Crippen LogP contribution in [0.1, 0.15) is 36.2 Å². The van der Waals surface area contributed by atoms with Crippen molar-refractivity contribution in [3.8, 4) is 5.75 Å². The Labute approximate surface area is 208 Å². The zero-order valence-corrected chi connectivity index (χ0v) is 20.5. The van der Waals surface area contributed by atoms with Crippen LogP contribution in [0, 0.1) is 0 Å². The number of aromatic amines is 1. The molecule has 35 heavy (non-hydrogen) atoms. The Hall–Kier alpha value is -3.07. The lowest BCUT2D eigenvalue weighted by Crippen LogP contribution is -2.53. The van der Waals surface area contributed by atoms with Gasteiger partial charge >= 0.3 is 6.03 Å². The maximum Gasteiger partial charge on any atom is 0.328 e. The zero-order valence-electron chi connectivity index (χ0n) is 19.8. The highest BCUT2D eigenvalue weighted by Gasteiger charge is 2.60. The third kappa shape index (κ3) is 3.86. The second-order valence-electron chi connectivity index (χ2n) is 9.65. The Kier molecular flexibility index (Phi) is 5.99. The minimum absolute atomic E-state index is 0.0608. The molecule has 3 N–H and O–H groups in total. The van der Waals surface area contributed by atoms with Crippen LogP contribution in [0.5, 0.6) is 5.75 Å². The molecule has 5 rings (SSSR count). The van der Waals surface area contributed by atoms with E-state index in [1.165, 1.54) is 4.90 Å². The first-order valence-electron chi connectivity index (χ1n) is 11.8. The molecule has 2 aromatic carbocycles. The van der Waals surface area contributed by atoms with Crippen molar-refractivity contribution in [2.75, 3.05) is 33.3 Å². The minimum Gasteiger partial charge on any atom is -0.508 e. The second kappa shape index (κ2) is 8.86. The lowest BCUT2D eigenvalue weighted by molar-refractivity contribution is -0.133. The maximum atomic E-state index is 13.8. The zero-order chi connectivity index (χ0) is 24.9. The molecule has 2 aliphatic heterocycles. The number of amides is 3. The van der Waals surface area contributed by atoms with Crippen LogP contribution in [0.4, 0.5) is 4.79 Å². The van der Waals surface area contributed by atoms with Crippen LogP contribution >= 0.6 is 11.6 Å². The summed E-state index contributed by atoms with van der Waals surface area (Å²) in [5.74, 6) is -0.128. The fourth-order valence-electron chi connectivity index (χ4n) is 5.50. The molecule has 3 heterocycles. The van der Waals surface area contributed by atoms with Crippen molar-refractivity contribution in [3.63, 3.8) is 0 Å². The Morgan fingerprint density at radius 1 is 1.20 bits per heavy atom. The highest BCUT2D eigenvalue weighted by atomic mass is 35.5. The number of carbonyl (C=O) groups is 2. The molecule has 1 aromatic heterocycles. The third-order valence-electron chi connectivity index (χ3n) is 7.22. The van der Waals surface area contributed by atoms with Gasteiger partial charge in [-0.1, -0.05) is 23.7 Å². The summed E-state index contributed by atoms with van der Waals surface area (Å²) < 4.78 is 0. The Balaban J connectivity index is 1.58. The van der Waals surface area contributed by atoms with Gasteiger partial charge in [-0.15, -0.1) is 0 Å². The molecule has 2 atom stereocenters. The molecule has 0 spiro atoms. The van der Waals surface area contributed by atoms with Crippen molar-refractivity contribution < 1.29 is 19.8 Å². The van der Waals surface area contributed by atoms with Crippen molar-refractivity contribution >= 4 is 34.4 Å². The van der Waals surface area contributed by atoms with Crippen molar-refractivity contribution in [1.29, 1.82) is 0 Å². The number of hydrogen-bond donors (Lipinski definition) is 3. The largest absolute Gasteiger partial charge is 0.508 e. The first-order valence-corrected chi connectivity index (χ1v) is 12.2. The van der Waals surface area contributed by atoms with Gasteiger partial charge in [0.15, 0.2) is 0 Å². The molecule has 0 unspecified atom stereocenters. The van der Waals surface area contributed by atoms with Crippen LogP contribution in [-0.4, -0.2) is 80.7 Å². The van der Waals surface area contributed by atoms with Crippen LogP contribution in [0.2, 0.25) is 5.02 Å². The molecule has 3 aromatic rings. The fourth-order valence-corrected chi connectivity index (χ4v) is 5.68. The van der Waals surface area contributed by atoms with Gasteiger partial charge in [0.05, 0.1) is 6.61 Å². The van der Waals surface area contributed by atoms with E-state index in [9.17, 15) is 14.7 Å². The number of aromatic nitrogens is 1. The Morgan fingerprint density at radius 3 is 2.74 bits per heavy atom. The number of urea groups is 1. The number of H-pyrrole nitrogens is 1. The first-order chi connectivity index (χ1) is 16.7. The number of phenols is 1. The Bertz CT molecular complexity index is 1310. The predicted octanol–water partition coefficient (Wildman–Crippen LogP) is 3.51. The molecule has 0 bridgehead atoms. The number of rotatable bonds is 7. The smallest absolute Gasteiger partial charge is 0.328 e. The van der Waals surface area contributed by atoms with E-state index in [4.69, 9.17) is 16.7 Å². The van der Waals surface area contributed by atoms with Gasteiger partial charge in [0.1, 0.15) is 17.3 Å². The number of aliphatic hydroxyl groups excluding tert-OH is 1. The molecule has 0 saturated carbocycles. The predicted molar refractivity (Wildman–Crippen MR) is 134 cm³/mol. The topological polar surface area (TPSA) is 100 Å². The number of nitrogens with zero attached hydrogens (tertiary/aromatic N) is 3. The number of phenolic OH excluding ortho intramolecular Hbond substituents is 1. The van der Waals surface area contributed by atoms with Crippen LogP contribution in [0.3, 0.4) is 0 Å². The van der Waals surface area contributed by atoms with E-state index < -0.39 is 11.6 Å². The van der Waals surface area contributed by atoms with E-state index in [1.807, 2.05) is 43.1 Å². The molecule has 184 valence electrons. The average Bonchev–Trinajstić information content (AvgIpc) is 3.25. The number of imide groups is 1. The quantitative estimate of drug-likeness (QED) is 0.435. The number of hydrogen-bond acceptors (Lipinski definition) is 5. The molecule has 1 saturated heterocycles. The van der Waals surface area contributed by atoms with Gasteiger partial charge < -0.3 is 20.1 Å². The molecule has 8 nitrogen and oxygen atoms in total. The monoisotopic (exact) mass is 496 g/mol. The summed E-state index contributed by atoms with van der Waals surface area (Å²) in [6, 6.07) is 11.5. The van der Waals surface area contributed by atoms with Gasteiger partial charge in [-0.2, -0.15) is 0 Å². The van der Waals surface area contributed by atoms with E-state index >= 15 is 0 Å². The standard InChI is InChI=1S/C26H29ClN4O4/c1-26-15-20-19-14-17(27)7-8-21(19)28-22(20)23(16-5-3-6-18(33)13-16)31(26)25(35)30(24(26)34)10-4-9-29(2)11-12-32/h3,5-8,13-14,23,28,32-33H,4,9-12,15H2,1-2H3/t23-,26+/m1/s1. The second-order valence-corrected chi connectivity index (χ2v) is 10.1. The molecule has 0 radical (unpaired) electrons. The lowest BCUT2D eigenvalue weighted by atomic mass is 9.81. The summed E-state index contributed by atoms with van der Waals surface area (Å²) in [7, 11) is 1.90. The minimum atomic E-state index is -1.07. The number of aromatic hydroxyl groups is 1. The van der Waals surface area contributed by atoms with Crippen LogP contribution < -0.4 is 0 Å². The van der Waals surface area contributed by atoms with Crippen molar-refractivity contribution in [3.05, 3.63) is 64.3 Å². The van der Waals surface area contributed by atoms with Crippen LogP contribution in [-0.2, 0) is 11.2 Å². The van der Waals surface area contributed by atoms with Gasteiger partial charge in [0.2, 0.25) is 0 Å². The van der Waals surface area contributed by atoms with Gasteiger partial charge in [-0.3, -0.25) is 14.6 Å². The number of aliphatic hydroxyl groups is 1. The molecular weight excluding hydrogens is 468 g/mol. The van der Waals surface area contributed by atoms with Crippen LogP contribution in [0.15, 0.2) is 42.5 Å². The molecule has 3 amide bonds. The Morgan fingerprint density at radius 2 is 2.00 bits per heavy atom. The SMILES string of the molecule is CN(CCO)CCCN1C(=O)N2[C@H](c3cccc(O)c3)c3[nH]c4ccc(Cl)cc4c3C[C@@]2(C)C1=O. The number of halogens is 1. The highest BCUT2D eigenvalue weighted by molar-refractivity contribution is 6.31. The lowest BCUT2D eigenvalue weighted by Gasteiger charge is -2.42. The number of likely N-dealkylation sites (N-methyl/N-ethyl adjacent to an activating group) is 1. The van der Waals surface area contributed by atoms with E-state index in [0.29, 0.717) is 37.5 Å². The van der Waals surface area contributed by atoms with Gasteiger partial charge in [-0.25, -0.2) is 4.79 Å². The van der Waals surface area contributed by atoms with Gasteiger partial charge in [0.25, 0.3) is 5.91 Å². The number of nitrogens with one attached hydrogen (secondary N) is 1. The summed E-state index contributed by atoms with van der Waals surface area (Å²) in [4.78, 5) is 36.0. The average molecular weight is 497 g/mol. The van der Waals surface area contributed by atoms with Crippen LogP contribution in [0.25, 0.3) is 10.9 Å². The van der Waals surface area contributed by atoms with E-state index in [2.05, 4.69) is 4.98 Å². The first kappa shape index (κ1) is 23.7. The van der Waals surface area contributed by atoms with E-state index in [0.717, 1.165) is 27.7 Å². The van der Waals surface area contributed by atoms with Crippen molar-refractivity contribution in [1.82, 2.24) is 19.7 Å². The summed E-state index contributed by atoms with van der Waals surface area (Å²) >= 11 is 6.31. The van der Waals surface area contributed by atoms with Crippen molar-refractivity contribution in [2.45, 2.75) is 31.3 Å². The summed E-state index contributed by atoms with van der Waals surface area (Å²) in [6.45, 7) is 3.38. The van der Waals surface area contributed by atoms with Crippen molar-refractivity contribution in [2.24, 2.45) is 0 Å². The number of fused-ring (bicyclic) bond motifs is 4. The number of benzene rings is 2. The highest BCUT2D eigenvalue weighted by Crippen LogP contribution is 2.49. The molecule has 0 aliphatic carbocycles. The third-order valence-corrected chi connectivity index (χ3v) is 7.45.